The second-order valence-electron chi connectivity index (χ2n) is 2.83. The Morgan fingerprint density at radius 2 is 1.53 bits per heavy atom. The Morgan fingerprint density at radius 1 is 1.13 bits per heavy atom. The van der Waals surface area contributed by atoms with Crippen LogP contribution in [0.2, 0.25) is 0 Å². The van der Waals surface area contributed by atoms with E-state index in [9.17, 15) is 30.9 Å². The molecule has 0 aliphatic heterocycles. The van der Waals surface area contributed by atoms with Crippen LogP contribution in [0, 0.1) is 0 Å². The summed E-state index contributed by atoms with van der Waals surface area (Å²) in [5.74, 6) is 0. The SMILES string of the molecule is C=C(CC(F)(F)F)P(=O)(O)CC(F)(F)F. The van der Waals surface area contributed by atoms with Crippen molar-refractivity contribution in [2.24, 2.45) is 0 Å². The molecular formula is C6H7F6O2P. The molecule has 0 aromatic carbocycles. The molecule has 15 heavy (non-hydrogen) atoms. The molecule has 0 saturated heterocycles. The minimum absolute atomic E-state index is 1.34. The molecule has 0 aromatic heterocycles. The number of hydrogen-bond donors (Lipinski definition) is 1. The van der Waals surface area contributed by atoms with Crippen LogP contribution in [0.3, 0.4) is 0 Å². The first-order valence-electron chi connectivity index (χ1n) is 3.47. The third-order valence-corrected chi connectivity index (χ3v) is 3.23. The Balaban J connectivity index is 4.62. The van der Waals surface area contributed by atoms with Crippen LogP contribution in [-0.4, -0.2) is 23.4 Å². The maximum atomic E-state index is 11.7. The van der Waals surface area contributed by atoms with Crippen molar-refractivity contribution in [3.63, 3.8) is 0 Å². The molecule has 1 atom stereocenters. The minimum Gasteiger partial charge on any atom is -0.341 e. The fourth-order valence-electron chi connectivity index (χ4n) is 0.710. The van der Waals surface area contributed by atoms with E-state index in [1.54, 1.807) is 0 Å². The van der Waals surface area contributed by atoms with Crippen molar-refractivity contribution >= 4 is 7.37 Å². The summed E-state index contributed by atoms with van der Waals surface area (Å²) in [5, 5.41) is -1.34. The lowest BCUT2D eigenvalue weighted by Crippen LogP contribution is -2.17. The number of halogens is 6. The topological polar surface area (TPSA) is 37.3 Å². The van der Waals surface area contributed by atoms with Gasteiger partial charge in [0.25, 0.3) is 0 Å². The van der Waals surface area contributed by atoms with E-state index in [0.717, 1.165) is 0 Å². The number of hydrogen-bond acceptors (Lipinski definition) is 1. The summed E-state index contributed by atoms with van der Waals surface area (Å²) >= 11 is 0. The molecule has 0 amide bonds. The zero-order valence-electron chi connectivity index (χ0n) is 7.19. The molecule has 1 unspecified atom stereocenters. The highest BCUT2D eigenvalue weighted by molar-refractivity contribution is 7.62. The standard InChI is InChI=1S/C6H7F6O2P/c1-4(2-5(7,8)9)15(13,14)3-6(10,11)12/h1-3H2,(H,13,14). The first kappa shape index (κ1) is 14.5. The highest BCUT2D eigenvalue weighted by Gasteiger charge is 2.42. The van der Waals surface area contributed by atoms with E-state index >= 15 is 0 Å². The minimum atomic E-state index is -5.04. The zero-order chi connectivity index (χ0) is 12.5. The second-order valence-corrected chi connectivity index (χ2v) is 5.18. The fourth-order valence-corrected chi connectivity index (χ4v) is 1.85. The number of allylic oxidation sites excluding steroid dienone is 1. The van der Waals surface area contributed by atoms with Gasteiger partial charge in [0.05, 0.1) is 6.42 Å². The van der Waals surface area contributed by atoms with Crippen LogP contribution in [0.25, 0.3) is 0 Å². The average Bonchev–Trinajstić information content (AvgIpc) is 1.75. The Hall–Kier alpha value is -0.490. The van der Waals surface area contributed by atoms with Gasteiger partial charge in [-0.3, -0.25) is 4.57 Å². The molecule has 0 radical (unpaired) electrons. The smallest absolute Gasteiger partial charge is 0.341 e. The van der Waals surface area contributed by atoms with Crippen molar-refractivity contribution in [2.75, 3.05) is 6.16 Å². The largest absolute Gasteiger partial charge is 0.398 e. The molecule has 0 saturated carbocycles. The van der Waals surface area contributed by atoms with Crippen LogP contribution < -0.4 is 0 Å². The zero-order valence-corrected chi connectivity index (χ0v) is 8.09. The Bertz CT molecular complexity index is 291. The summed E-state index contributed by atoms with van der Waals surface area (Å²) in [6.45, 7) is 2.56. The average molecular weight is 256 g/mol. The normalized spacial score (nSPS) is 17.3. The third-order valence-electron chi connectivity index (χ3n) is 1.29. The van der Waals surface area contributed by atoms with E-state index in [2.05, 4.69) is 6.58 Å². The molecule has 0 heterocycles. The van der Waals surface area contributed by atoms with Crippen LogP contribution in [-0.2, 0) is 4.57 Å². The van der Waals surface area contributed by atoms with Crippen molar-refractivity contribution in [2.45, 2.75) is 18.8 Å². The van der Waals surface area contributed by atoms with Crippen LogP contribution >= 0.6 is 7.37 Å². The Morgan fingerprint density at radius 3 is 1.80 bits per heavy atom. The molecule has 9 heteroatoms. The van der Waals surface area contributed by atoms with Crippen molar-refractivity contribution in [3.05, 3.63) is 11.9 Å². The first-order valence-corrected chi connectivity index (χ1v) is 5.32. The quantitative estimate of drug-likeness (QED) is 0.621. The van der Waals surface area contributed by atoms with Gasteiger partial charge in [0.15, 0.2) is 0 Å². The molecular weight excluding hydrogens is 249 g/mol. The maximum absolute atomic E-state index is 11.7. The van der Waals surface area contributed by atoms with Gasteiger partial charge in [0, 0.05) is 5.31 Å². The lowest BCUT2D eigenvalue weighted by Gasteiger charge is -2.17. The van der Waals surface area contributed by atoms with Crippen molar-refractivity contribution < 1.29 is 35.8 Å². The van der Waals surface area contributed by atoms with Crippen molar-refractivity contribution in [3.8, 4) is 0 Å². The van der Waals surface area contributed by atoms with Gasteiger partial charge in [-0.25, -0.2) is 0 Å². The molecule has 90 valence electrons. The summed E-state index contributed by atoms with van der Waals surface area (Å²) in [7, 11) is -5.04. The maximum Gasteiger partial charge on any atom is 0.398 e. The molecule has 1 N–H and O–H groups in total. The predicted molar refractivity (Wildman–Crippen MR) is 40.6 cm³/mol. The molecule has 0 bridgehead atoms. The van der Waals surface area contributed by atoms with Gasteiger partial charge in [-0.2, -0.15) is 26.3 Å². The fraction of sp³-hybridized carbons (Fsp3) is 0.667. The van der Waals surface area contributed by atoms with Gasteiger partial charge in [-0.15, -0.1) is 0 Å². The second kappa shape index (κ2) is 4.17. The number of rotatable bonds is 3. The lowest BCUT2D eigenvalue weighted by atomic mass is 10.4. The summed E-state index contributed by atoms with van der Waals surface area (Å²) in [6.07, 6.45) is -13.9. The Labute approximate surface area is 81.0 Å². The van der Waals surface area contributed by atoms with E-state index in [1.807, 2.05) is 0 Å². The van der Waals surface area contributed by atoms with Gasteiger partial charge in [0.1, 0.15) is 6.16 Å². The summed E-state index contributed by atoms with van der Waals surface area (Å²) in [4.78, 5) is 8.72. The molecule has 0 fully saturated rings. The van der Waals surface area contributed by atoms with Crippen molar-refractivity contribution in [1.82, 2.24) is 0 Å². The van der Waals surface area contributed by atoms with E-state index in [-0.39, 0.29) is 0 Å². The summed E-state index contributed by atoms with van der Waals surface area (Å²) in [5.41, 5.74) is 0. The third kappa shape index (κ3) is 6.57. The lowest BCUT2D eigenvalue weighted by molar-refractivity contribution is -0.126. The van der Waals surface area contributed by atoms with Gasteiger partial charge in [-0.1, -0.05) is 6.58 Å². The predicted octanol–water partition coefficient (Wildman–Crippen LogP) is 3.29. The monoisotopic (exact) mass is 256 g/mol. The number of alkyl halides is 6. The highest BCUT2D eigenvalue weighted by Crippen LogP contribution is 2.55. The first-order chi connectivity index (χ1) is 6.33. The Kier molecular flexibility index (Phi) is 4.04. The van der Waals surface area contributed by atoms with Gasteiger partial charge < -0.3 is 4.89 Å². The van der Waals surface area contributed by atoms with E-state index in [4.69, 9.17) is 4.89 Å². The van der Waals surface area contributed by atoms with Gasteiger partial charge in [-0.05, 0) is 0 Å². The molecule has 0 aliphatic rings. The van der Waals surface area contributed by atoms with E-state index in [1.165, 1.54) is 0 Å². The van der Waals surface area contributed by atoms with Crippen LogP contribution in [0.5, 0.6) is 0 Å². The van der Waals surface area contributed by atoms with Crippen LogP contribution in [0.15, 0.2) is 11.9 Å². The molecule has 0 rings (SSSR count). The van der Waals surface area contributed by atoms with Gasteiger partial charge in [0.2, 0.25) is 7.37 Å². The highest BCUT2D eigenvalue weighted by atomic mass is 31.2. The van der Waals surface area contributed by atoms with E-state index in [0.29, 0.717) is 0 Å². The molecule has 0 aliphatic carbocycles. The molecule has 0 aromatic rings. The van der Waals surface area contributed by atoms with Crippen LogP contribution in [0.1, 0.15) is 6.42 Å². The van der Waals surface area contributed by atoms with Crippen LogP contribution in [0.4, 0.5) is 26.3 Å². The summed E-state index contributed by atoms with van der Waals surface area (Å²) in [6, 6.07) is 0. The molecule has 2 nitrogen and oxygen atoms in total. The van der Waals surface area contributed by atoms with Gasteiger partial charge >= 0.3 is 12.4 Å². The van der Waals surface area contributed by atoms with E-state index < -0.39 is 37.6 Å². The molecule has 0 spiro atoms. The summed E-state index contributed by atoms with van der Waals surface area (Å²) < 4.78 is 81.0. The van der Waals surface area contributed by atoms with Crippen molar-refractivity contribution in [1.29, 1.82) is 0 Å².